The number of cyclic esters (lactones) is 1. The number of aryl methyl sites for hydroxylation is 1. The van der Waals surface area contributed by atoms with Crippen molar-refractivity contribution in [2.24, 2.45) is 0 Å². The number of benzene rings is 1. The average Bonchev–Trinajstić information content (AvgIpc) is 3.08. The van der Waals surface area contributed by atoms with Gasteiger partial charge in [-0.15, -0.1) is 0 Å². The number of carbonyl (C=O) groups excluding carboxylic acids is 2. The molecule has 0 aliphatic carbocycles. The Balaban J connectivity index is 2.01. The van der Waals surface area contributed by atoms with E-state index < -0.39 is 18.2 Å². The normalized spacial score (nSPS) is 17.6. The lowest BCUT2D eigenvalue weighted by molar-refractivity contribution is -0.152. The maximum absolute atomic E-state index is 12.5. The van der Waals surface area contributed by atoms with E-state index in [1.807, 2.05) is 37.4 Å². The van der Waals surface area contributed by atoms with Gasteiger partial charge in [0.15, 0.2) is 5.70 Å². The van der Waals surface area contributed by atoms with Gasteiger partial charge >= 0.3 is 11.9 Å². The van der Waals surface area contributed by atoms with Gasteiger partial charge in [-0.2, -0.15) is 0 Å². The van der Waals surface area contributed by atoms with E-state index in [-0.39, 0.29) is 12.3 Å². The predicted molar refractivity (Wildman–Crippen MR) is 96.9 cm³/mol. The summed E-state index contributed by atoms with van der Waals surface area (Å²) in [5, 5.41) is 1.03. The van der Waals surface area contributed by atoms with Crippen LogP contribution in [-0.4, -0.2) is 29.4 Å². The maximum atomic E-state index is 12.5. The molecule has 0 bridgehead atoms. The van der Waals surface area contributed by atoms with E-state index in [0.717, 1.165) is 16.5 Å². The lowest BCUT2D eigenvalue weighted by Gasteiger charge is -2.14. The van der Waals surface area contributed by atoms with Crippen molar-refractivity contribution in [3.8, 4) is 0 Å². The molecule has 0 amide bonds. The van der Waals surface area contributed by atoms with Crippen molar-refractivity contribution in [3.05, 3.63) is 53.4 Å². The standard InChI is InChI=1S/C20H21NO5/c1-5-24-19(23)17(11-25-20-14(4)13(3)18(22)26-20)21-10-12(2)15-8-6-7-9-16(15)21/h6-11,20H,5H2,1-4H3/b17-11-. The second-order valence-corrected chi connectivity index (χ2v) is 6.10. The molecule has 6 heteroatoms. The number of aromatic nitrogens is 1. The quantitative estimate of drug-likeness (QED) is 0.466. The van der Waals surface area contributed by atoms with Crippen molar-refractivity contribution in [2.45, 2.75) is 34.0 Å². The fourth-order valence-electron chi connectivity index (χ4n) is 2.83. The van der Waals surface area contributed by atoms with Gasteiger partial charge in [-0.05, 0) is 39.3 Å². The molecule has 0 fully saturated rings. The van der Waals surface area contributed by atoms with Crippen molar-refractivity contribution in [2.75, 3.05) is 6.61 Å². The predicted octanol–water partition coefficient (Wildman–Crippen LogP) is 3.55. The first kappa shape index (κ1) is 17.8. The Morgan fingerprint density at radius 1 is 1.27 bits per heavy atom. The molecule has 1 atom stereocenters. The Hall–Kier alpha value is -3.02. The lowest BCUT2D eigenvalue weighted by atomic mass is 10.2. The summed E-state index contributed by atoms with van der Waals surface area (Å²) in [6.07, 6.45) is 2.31. The van der Waals surface area contributed by atoms with Gasteiger partial charge in [0.25, 0.3) is 6.29 Å². The molecule has 0 saturated carbocycles. The van der Waals surface area contributed by atoms with E-state index in [0.29, 0.717) is 11.1 Å². The van der Waals surface area contributed by atoms with Crippen molar-refractivity contribution in [3.63, 3.8) is 0 Å². The number of rotatable bonds is 5. The van der Waals surface area contributed by atoms with Crippen LogP contribution in [0.25, 0.3) is 16.6 Å². The van der Waals surface area contributed by atoms with Crippen LogP contribution in [0, 0.1) is 6.92 Å². The summed E-state index contributed by atoms with van der Waals surface area (Å²) in [6.45, 7) is 7.39. The van der Waals surface area contributed by atoms with Crippen LogP contribution in [-0.2, 0) is 23.8 Å². The van der Waals surface area contributed by atoms with Gasteiger partial charge in [-0.1, -0.05) is 18.2 Å². The zero-order valence-electron chi connectivity index (χ0n) is 15.2. The third-order valence-corrected chi connectivity index (χ3v) is 4.42. The smallest absolute Gasteiger partial charge is 0.358 e. The summed E-state index contributed by atoms with van der Waals surface area (Å²) in [6, 6.07) is 7.75. The van der Waals surface area contributed by atoms with Crippen LogP contribution in [0.5, 0.6) is 0 Å². The Bertz CT molecular complexity index is 935. The Morgan fingerprint density at radius 2 is 2.00 bits per heavy atom. The summed E-state index contributed by atoms with van der Waals surface area (Å²) in [7, 11) is 0. The molecule has 1 aliphatic rings. The average molecular weight is 355 g/mol. The van der Waals surface area contributed by atoms with Crippen LogP contribution in [0.3, 0.4) is 0 Å². The Labute approximate surface area is 151 Å². The summed E-state index contributed by atoms with van der Waals surface area (Å²) in [4.78, 5) is 24.1. The van der Waals surface area contributed by atoms with E-state index in [1.54, 1.807) is 25.3 Å². The van der Waals surface area contributed by atoms with Crippen molar-refractivity contribution in [1.29, 1.82) is 0 Å². The number of esters is 2. The van der Waals surface area contributed by atoms with Crippen LogP contribution < -0.4 is 0 Å². The van der Waals surface area contributed by atoms with Gasteiger partial charge in [0.2, 0.25) is 0 Å². The minimum Gasteiger partial charge on any atom is -0.461 e. The molecular formula is C20H21NO5. The summed E-state index contributed by atoms with van der Waals surface area (Å²) in [5.41, 5.74) is 3.30. The summed E-state index contributed by atoms with van der Waals surface area (Å²) >= 11 is 0. The highest BCUT2D eigenvalue weighted by molar-refractivity contribution is 6.12. The zero-order valence-corrected chi connectivity index (χ0v) is 15.2. The molecule has 136 valence electrons. The van der Waals surface area contributed by atoms with Crippen LogP contribution in [0.15, 0.2) is 47.9 Å². The van der Waals surface area contributed by atoms with Gasteiger partial charge in [0, 0.05) is 22.7 Å². The molecule has 0 radical (unpaired) electrons. The Morgan fingerprint density at radius 3 is 2.65 bits per heavy atom. The lowest BCUT2D eigenvalue weighted by Crippen LogP contribution is -2.16. The van der Waals surface area contributed by atoms with Crippen LogP contribution in [0.2, 0.25) is 0 Å². The molecule has 0 N–H and O–H groups in total. The number of nitrogens with zero attached hydrogens (tertiary/aromatic N) is 1. The van der Waals surface area contributed by atoms with Gasteiger partial charge in [0.05, 0.1) is 12.1 Å². The molecule has 1 aromatic carbocycles. The highest BCUT2D eigenvalue weighted by atomic mass is 16.7. The second kappa shape index (κ2) is 7.07. The largest absolute Gasteiger partial charge is 0.461 e. The Kier molecular flexibility index (Phi) is 4.84. The van der Waals surface area contributed by atoms with Crippen molar-refractivity contribution >= 4 is 28.5 Å². The molecular weight excluding hydrogens is 334 g/mol. The number of fused-ring (bicyclic) bond motifs is 1. The van der Waals surface area contributed by atoms with E-state index in [1.165, 1.54) is 6.26 Å². The second-order valence-electron chi connectivity index (χ2n) is 6.10. The molecule has 3 rings (SSSR count). The molecule has 1 aliphatic heterocycles. The zero-order chi connectivity index (χ0) is 18.8. The van der Waals surface area contributed by atoms with Gasteiger partial charge in [-0.25, -0.2) is 9.59 Å². The first-order valence-corrected chi connectivity index (χ1v) is 8.42. The number of carbonyl (C=O) groups is 2. The third-order valence-electron chi connectivity index (χ3n) is 4.42. The van der Waals surface area contributed by atoms with Gasteiger partial charge in [0.1, 0.15) is 6.26 Å². The monoisotopic (exact) mass is 355 g/mol. The van der Waals surface area contributed by atoms with Crippen molar-refractivity contribution < 1.29 is 23.8 Å². The first-order valence-electron chi connectivity index (χ1n) is 8.42. The number of hydrogen-bond acceptors (Lipinski definition) is 5. The molecule has 1 unspecified atom stereocenters. The molecule has 0 spiro atoms. The summed E-state index contributed by atoms with van der Waals surface area (Å²) < 4.78 is 17.7. The first-order chi connectivity index (χ1) is 12.4. The van der Waals surface area contributed by atoms with Gasteiger partial charge < -0.3 is 18.8 Å². The van der Waals surface area contributed by atoms with Crippen LogP contribution in [0.4, 0.5) is 0 Å². The van der Waals surface area contributed by atoms with E-state index >= 15 is 0 Å². The topological polar surface area (TPSA) is 66.8 Å². The minimum absolute atomic E-state index is 0.213. The van der Waals surface area contributed by atoms with Gasteiger partial charge in [-0.3, -0.25) is 0 Å². The third kappa shape index (κ3) is 3.10. The molecule has 1 aromatic heterocycles. The van der Waals surface area contributed by atoms with E-state index in [2.05, 4.69) is 0 Å². The fourth-order valence-corrected chi connectivity index (χ4v) is 2.83. The SMILES string of the molecule is CCOC(=O)/C(=C/OC1OC(=O)C(C)=C1C)n1cc(C)c2ccccc21. The summed E-state index contributed by atoms with van der Waals surface area (Å²) in [5.74, 6) is -0.934. The molecule has 2 aromatic rings. The van der Waals surface area contributed by atoms with Crippen LogP contribution in [0.1, 0.15) is 26.3 Å². The molecule has 6 nitrogen and oxygen atoms in total. The van der Waals surface area contributed by atoms with E-state index in [9.17, 15) is 9.59 Å². The highest BCUT2D eigenvalue weighted by Gasteiger charge is 2.30. The van der Waals surface area contributed by atoms with Crippen molar-refractivity contribution in [1.82, 2.24) is 4.57 Å². The molecule has 2 heterocycles. The molecule has 0 saturated heterocycles. The minimum atomic E-state index is -0.838. The fraction of sp³-hybridized carbons (Fsp3) is 0.300. The van der Waals surface area contributed by atoms with Crippen LogP contribution >= 0.6 is 0 Å². The molecule has 26 heavy (non-hydrogen) atoms. The maximum Gasteiger partial charge on any atom is 0.358 e. The van der Waals surface area contributed by atoms with E-state index in [4.69, 9.17) is 14.2 Å². The number of para-hydroxylation sites is 1. The number of ether oxygens (including phenoxy) is 3. The number of hydrogen-bond donors (Lipinski definition) is 0. The highest BCUT2D eigenvalue weighted by Crippen LogP contribution is 2.27.